The number of hydrogen-bond acceptors (Lipinski definition) is 5. The molecule has 0 spiro atoms. The predicted octanol–water partition coefficient (Wildman–Crippen LogP) is 3.31. The van der Waals surface area contributed by atoms with Crippen molar-refractivity contribution in [2.75, 3.05) is 0 Å². The maximum atomic E-state index is 13.9. The summed E-state index contributed by atoms with van der Waals surface area (Å²) in [7, 11) is 0. The van der Waals surface area contributed by atoms with E-state index in [4.69, 9.17) is 4.74 Å². The fraction of sp³-hybridized carbons (Fsp3) is 0.571. The minimum Gasteiger partial charge on any atom is -0.479 e. The zero-order chi connectivity index (χ0) is 26.8. The number of benzene rings is 1. The average Bonchev–Trinajstić information content (AvgIpc) is 3.53. The Bertz CT molecular complexity index is 1090. The molecule has 0 aromatic heterocycles. The number of rotatable bonds is 2. The second-order valence-corrected chi connectivity index (χ2v) is 11.3. The molecule has 3 amide bonds. The van der Waals surface area contributed by atoms with Crippen LogP contribution < -0.4 is 10.6 Å². The predicted molar refractivity (Wildman–Crippen MR) is 136 cm³/mol. The standard InChI is InChI=1S/C28H37N3O6/c1-27(2,3)37-26(36)29-21-14-8-6-4-5-7-13-20-16-28(20,25(34)35)30-23(32)22-15-18-11-9-10-12-19(18)17-31(22)24(21)33/h7,9-13,20-22H,4-6,8,14-17H2,1-3H3,(H,29,36)(H,30,32)(H,34,35)/b13-7-/t20-,21?,22?,28-/m1/s1. The molecule has 0 radical (unpaired) electrons. The molecule has 3 N–H and O–H groups in total. The molecule has 4 atom stereocenters. The normalized spacial score (nSPS) is 29.3. The number of fused-ring (bicyclic) bond motifs is 3. The van der Waals surface area contributed by atoms with Gasteiger partial charge >= 0.3 is 12.1 Å². The smallest absolute Gasteiger partial charge is 0.408 e. The van der Waals surface area contributed by atoms with E-state index in [0.29, 0.717) is 19.3 Å². The first-order chi connectivity index (χ1) is 17.5. The molecular weight excluding hydrogens is 474 g/mol. The quantitative estimate of drug-likeness (QED) is 0.523. The second-order valence-electron chi connectivity index (χ2n) is 11.3. The zero-order valence-electron chi connectivity index (χ0n) is 21.8. The summed E-state index contributed by atoms with van der Waals surface area (Å²) in [5.74, 6) is -2.21. The molecule has 2 aliphatic heterocycles. The highest BCUT2D eigenvalue weighted by molar-refractivity contribution is 5.96. The summed E-state index contributed by atoms with van der Waals surface area (Å²) in [6, 6.07) is 5.85. The number of carbonyl (C=O) groups is 4. The van der Waals surface area contributed by atoms with E-state index < -0.39 is 41.2 Å². The summed E-state index contributed by atoms with van der Waals surface area (Å²) >= 11 is 0. The molecule has 1 aliphatic carbocycles. The Morgan fingerprint density at radius 1 is 1.14 bits per heavy atom. The van der Waals surface area contributed by atoms with Crippen LogP contribution in [-0.2, 0) is 32.1 Å². The molecule has 1 fully saturated rings. The fourth-order valence-corrected chi connectivity index (χ4v) is 5.21. The van der Waals surface area contributed by atoms with Gasteiger partial charge in [0.2, 0.25) is 11.8 Å². The minimum absolute atomic E-state index is 0.197. The Morgan fingerprint density at radius 2 is 1.86 bits per heavy atom. The van der Waals surface area contributed by atoms with Crippen molar-refractivity contribution in [2.24, 2.45) is 5.92 Å². The Hall–Kier alpha value is -3.36. The molecular formula is C28H37N3O6. The van der Waals surface area contributed by atoms with Crippen LogP contribution in [0, 0.1) is 5.92 Å². The number of carbonyl (C=O) groups excluding carboxylic acids is 3. The first-order valence-corrected chi connectivity index (χ1v) is 13.1. The number of alkyl carbamates (subject to hydrolysis) is 1. The lowest BCUT2D eigenvalue weighted by atomic mass is 9.92. The van der Waals surface area contributed by atoms with Crippen LogP contribution in [0.5, 0.6) is 0 Å². The van der Waals surface area contributed by atoms with Gasteiger partial charge in [0.15, 0.2) is 0 Å². The van der Waals surface area contributed by atoms with Gasteiger partial charge in [-0.3, -0.25) is 9.59 Å². The SMILES string of the molecule is CC(C)(C)OC(=O)NC1CCCCC/C=C\[C@@H]2C[C@@]2(C(=O)O)NC(=O)C2Cc3ccccc3CN2C1=O. The van der Waals surface area contributed by atoms with Crippen molar-refractivity contribution in [3.05, 3.63) is 47.5 Å². The van der Waals surface area contributed by atoms with Gasteiger partial charge < -0.3 is 25.4 Å². The van der Waals surface area contributed by atoms with Gasteiger partial charge in [-0.1, -0.05) is 49.3 Å². The van der Waals surface area contributed by atoms with E-state index in [2.05, 4.69) is 10.6 Å². The third kappa shape index (κ3) is 6.14. The zero-order valence-corrected chi connectivity index (χ0v) is 21.8. The minimum atomic E-state index is -1.35. The number of nitrogens with zero attached hydrogens (tertiary/aromatic N) is 1. The van der Waals surface area contributed by atoms with Gasteiger partial charge in [0.05, 0.1) is 0 Å². The summed E-state index contributed by atoms with van der Waals surface area (Å²) in [6.07, 6.45) is 7.41. The lowest BCUT2D eigenvalue weighted by Gasteiger charge is -2.38. The monoisotopic (exact) mass is 511 g/mol. The number of hydrogen-bond donors (Lipinski definition) is 3. The molecule has 9 heteroatoms. The van der Waals surface area contributed by atoms with Crippen LogP contribution in [0.3, 0.4) is 0 Å². The van der Waals surface area contributed by atoms with Crippen molar-refractivity contribution < 1.29 is 29.0 Å². The van der Waals surface area contributed by atoms with Crippen LogP contribution in [0.2, 0.25) is 0 Å². The third-order valence-electron chi connectivity index (χ3n) is 7.30. The van der Waals surface area contributed by atoms with Crippen LogP contribution in [0.15, 0.2) is 36.4 Å². The second kappa shape index (κ2) is 10.6. The van der Waals surface area contributed by atoms with Crippen molar-refractivity contribution in [3.8, 4) is 0 Å². The van der Waals surface area contributed by atoms with Crippen LogP contribution in [0.4, 0.5) is 4.79 Å². The molecule has 0 bridgehead atoms. The Morgan fingerprint density at radius 3 is 2.57 bits per heavy atom. The molecule has 2 unspecified atom stereocenters. The van der Waals surface area contributed by atoms with Crippen LogP contribution in [0.1, 0.15) is 70.4 Å². The van der Waals surface area contributed by atoms with E-state index in [1.165, 1.54) is 4.90 Å². The Labute approximate surface area is 217 Å². The number of ether oxygens (including phenoxy) is 1. The number of nitrogens with one attached hydrogen (secondary N) is 2. The molecule has 3 aliphatic rings. The summed E-state index contributed by atoms with van der Waals surface area (Å²) in [4.78, 5) is 53.8. The Balaban J connectivity index is 1.66. The summed E-state index contributed by atoms with van der Waals surface area (Å²) in [6.45, 7) is 5.46. The van der Waals surface area contributed by atoms with E-state index in [1.54, 1.807) is 20.8 Å². The molecule has 200 valence electrons. The van der Waals surface area contributed by atoms with Gasteiger partial charge in [0.1, 0.15) is 23.2 Å². The van der Waals surface area contributed by atoms with Gasteiger partial charge in [0, 0.05) is 18.9 Å². The van der Waals surface area contributed by atoms with Crippen LogP contribution >= 0.6 is 0 Å². The number of allylic oxidation sites excluding steroid dienone is 1. The van der Waals surface area contributed by atoms with E-state index in [-0.39, 0.29) is 24.8 Å². The van der Waals surface area contributed by atoms with Gasteiger partial charge in [-0.25, -0.2) is 9.59 Å². The molecule has 1 aromatic rings. The lowest BCUT2D eigenvalue weighted by molar-refractivity contribution is -0.147. The molecule has 4 rings (SSSR count). The highest BCUT2D eigenvalue weighted by Crippen LogP contribution is 2.45. The Kier molecular flexibility index (Phi) is 7.62. The lowest BCUT2D eigenvalue weighted by Crippen LogP contribution is -2.60. The molecule has 1 saturated carbocycles. The summed E-state index contributed by atoms with van der Waals surface area (Å²) < 4.78 is 5.41. The number of aliphatic carboxylic acids is 1. The first kappa shape index (κ1) is 26.7. The van der Waals surface area contributed by atoms with Crippen LogP contribution in [-0.4, -0.2) is 57.1 Å². The van der Waals surface area contributed by atoms with E-state index >= 15 is 0 Å². The van der Waals surface area contributed by atoms with Crippen molar-refractivity contribution in [2.45, 2.75) is 95.5 Å². The number of amides is 3. The van der Waals surface area contributed by atoms with Gasteiger partial charge in [-0.05, 0) is 57.6 Å². The summed E-state index contributed by atoms with van der Waals surface area (Å²) in [5.41, 5.74) is -0.211. The van der Waals surface area contributed by atoms with Crippen LogP contribution in [0.25, 0.3) is 0 Å². The van der Waals surface area contributed by atoms with Crippen molar-refractivity contribution in [1.29, 1.82) is 0 Å². The largest absolute Gasteiger partial charge is 0.479 e. The maximum Gasteiger partial charge on any atom is 0.408 e. The molecule has 9 nitrogen and oxygen atoms in total. The topological polar surface area (TPSA) is 125 Å². The van der Waals surface area contributed by atoms with E-state index in [1.807, 2.05) is 36.4 Å². The van der Waals surface area contributed by atoms with Gasteiger partial charge in [-0.2, -0.15) is 0 Å². The van der Waals surface area contributed by atoms with Crippen molar-refractivity contribution in [1.82, 2.24) is 15.5 Å². The van der Waals surface area contributed by atoms with Gasteiger partial charge in [-0.15, -0.1) is 0 Å². The summed E-state index contributed by atoms with van der Waals surface area (Å²) in [5, 5.41) is 15.5. The maximum absolute atomic E-state index is 13.9. The fourth-order valence-electron chi connectivity index (χ4n) is 5.21. The number of carboxylic acids is 1. The highest BCUT2D eigenvalue weighted by atomic mass is 16.6. The highest BCUT2D eigenvalue weighted by Gasteiger charge is 2.61. The average molecular weight is 512 g/mol. The molecule has 1 aromatic carbocycles. The number of carboxylic acid groups (broad SMARTS) is 1. The molecule has 2 heterocycles. The van der Waals surface area contributed by atoms with Crippen molar-refractivity contribution >= 4 is 23.9 Å². The molecule has 0 saturated heterocycles. The van der Waals surface area contributed by atoms with Crippen molar-refractivity contribution in [3.63, 3.8) is 0 Å². The van der Waals surface area contributed by atoms with Gasteiger partial charge in [0.25, 0.3) is 0 Å². The first-order valence-electron chi connectivity index (χ1n) is 13.1. The third-order valence-corrected chi connectivity index (χ3v) is 7.30. The molecule has 37 heavy (non-hydrogen) atoms. The van der Waals surface area contributed by atoms with E-state index in [9.17, 15) is 24.3 Å². The van der Waals surface area contributed by atoms with E-state index in [0.717, 1.165) is 30.4 Å².